The van der Waals surface area contributed by atoms with Gasteiger partial charge in [0.15, 0.2) is 23.0 Å². The van der Waals surface area contributed by atoms with Crippen LogP contribution in [-0.2, 0) is 15.0 Å². The summed E-state index contributed by atoms with van der Waals surface area (Å²) in [6, 6.07) is 4.61. The van der Waals surface area contributed by atoms with Crippen molar-refractivity contribution in [3.63, 3.8) is 0 Å². The number of carbonyl (C=O) groups is 2. The van der Waals surface area contributed by atoms with E-state index >= 15 is 0 Å². The highest BCUT2D eigenvalue weighted by Gasteiger charge is 2.52. The van der Waals surface area contributed by atoms with Gasteiger partial charge in [-0.05, 0) is 65.3 Å². The lowest BCUT2D eigenvalue weighted by Crippen LogP contribution is -2.29. The molecule has 0 radical (unpaired) electrons. The van der Waals surface area contributed by atoms with Crippen LogP contribution in [0.3, 0.4) is 0 Å². The van der Waals surface area contributed by atoms with E-state index in [4.69, 9.17) is 6.42 Å². The van der Waals surface area contributed by atoms with Gasteiger partial charge in [0, 0.05) is 5.41 Å². The van der Waals surface area contributed by atoms with E-state index in [-0.39, 0.29) is 23.0 Å². The first-order valence-electron chi connectivity index (χ1n) is 8.90. The van der Waals surface area contributed by atoms with E-state index < -0.39 is 23.4 Å². The predicted molar refractivity (Wildman–Crippen MR) is 101 cm³/mol. The Morgan fingerprint density at radius 1 is 0.966 bits per heavy atom. The number of nitrogens with one attached hydrogen (secondary N) is 2. The van der Waals surface area contributed by atoms with Crippen molar-refractivity contribution >= 4 is 12.3 Å². The average molecular weight is 394 g/mol. The molecule has 2 aliphatic rings. The van der Waals surface area contributed by atoms with Gasteiger partial charge in [-0.25, -0.2) is 0 Å². The molecule has 6 N–H and O–H groups in total. The number of aromatic hydroxyl groups is 4. The molecule has 2 aromatic rings. The van der Waals surface area contributed by atoms with Gasteiger partial charge in [0.05, 0.1) is 12.1 Å². The number of fused-ring (bicyclic) bond motifs is 4. The van der Waals surface area contributed by atoms with Crippen LogP contribution in [0, 0.1) is 12.3 Å². The van der Waals surface area contributed by atoms with Crippen LogP contribution in [0.2, 0.25) is 0 Å². The third kappa shape index (κ3) is 2.63. The van der Waals surface area contributed by atoms with Gasteiger partial charge in [0.1, 0.15) is 0 Å². The van der Waals surface area contributed by atoms with E-state index in [9.17, 15) is 30.0 Å². The first kappa shape index (κ1) is 18.5. The highest BCUT2D eigenvalue weighted by atomic mass is 16.3. The minimum Gasteiger partial charge on any atom is -0.504 e. The molecule has 148 valence electrons. The molecule has 0 fully saturated rings. The summed E-state index contributed by atoms with van der Waals surface area (Å²) in [6.07, 6.45) is 6.43. The summed E-state index contributed by atoms with van der Waals surface area (Å²) in [5.74, 6) is 0.0649. The number of phenolic OH excluding ortho intramolecular Hbond substituents is 4. The van der Waals surface area contributed by atoms with Gasteiger partial charge >= 0.3 is 0 Å². The first-order valence-corrected chi connectivity index (χ1v) is 8.90. The number of terminal acetylenes is 1. The molecule has 0 aromatic heterocycles. The molecule has 0 aliphatic heterocycles. The predicted octanol–water partition coefficient (Wildman–Crippen LogP) is 1.18. The van der Waals surface area contributed by atoms with Crippen molar-refractivity contribution in [3.05, 3.63) is 46.5 Å². The van der Waals surface area contributed by atoms with E-state index in [1.165, 1.54) is 24.3 Å². The van der Waals surface area contributed by atoms with Crippen LogP contribution in [0.5, 0.6) is 23.0 Å². The Morgan fingerprint density at radius 2 is 1.45 bits per heavy atom. The normalized spacial score (nSPS) is 23.8. The molecular weight excluding hydrogens is 376 g/mol. The molecule has 3 atom stereocenters. The highest BCUT2D eigenvalue weighted by molar-refractivity contribution is 5.93. The first-order chi connectivity index (χ1) is 13.8. The molecule has 29 heavy (non-hydrogen) atoms. The van der Waals surface area contributed by atoms with Crippen LogP contribution in [0.15, 0.2) is 24.3 Å². The van der Waals surface area contributed by atoms with Crippen molar-refractivity contribution in [3.8, 4) is 35.3 Å². The maximum atomic E-state index is 11.9. The zero-order chi connectivity index (χ0) is 20.9. The van der Waals surface area contributed by atoms with Gasteiger partial charge in [0.25, 0.3) is 5.91 Å². The third-order valence-corrected chi connectivity index (χ3v) is 5.89. The van der Waals surface area contributed by atoms with Crippen LogP contribution in [0.1, 0.15) is 47.2 Å². The van der Waals surface area contributed by atoms with Gasteiger partial charge < -0.3 is 31.1 Å². The second kappa shape index (κ2) is 6.34. The Bertz CT molecular complexity index is 1090. The van der Waals surface area contributed by atoms with E-state index in [0.29, 0.717) is 41.5 Å². The molecule has 0 saturated carbocycles. The summed E-state index contributed by atoms with van der Waals surface area (Å²) in [5.41, 5.74) is 1.69. The molecule has 2 amide bonds. The van der Waals surface area contributed by atoms with Gasteiger partial charge in [-0.3, -0.25) is 9.59 Å². The molecule has 4 rings (SSSR count). The fraction of sp³-hybridized carbons (Fsp3) is 0.238. The quantitative estimate of drug-likeness (QED) is 0.263. The molecular formula is C21H18N2O6. The third-order valence-electron chi connectivity index (χ3n) is 5.89. The van der Waals surface area contributed by atoms with Crippen molar-refractivity contribution < 1.29 is 30.0 Å². The smallest absolute Gasteiger partial charge is 0.296 e. The number of rotatable bonds is 3. The number of carbonyl (C=O) groups excluding carboxylic acids is 2. The maximum Gasteiger partial charge on any atom is 0.296 e. The summed E-state index contributed by atoms with van der Waals surface area (Å²) in [5, 5.41) is 45.6. The molecule has 0 saturated heterocycles. The lowest BCUT2D eigenvalue weighted by Gasteiger charge is -2.27. The van der Waals surface area contributed by atoms with Crippen molar-refractivity contribution in [2.24, 2.45) is 0 Å². The van der Waals surface area contributed by atoms with Gasteiger partial charge in [0.2, 0.25) is 6.41 Å². The number of amides is 2. The molecule has 8 heteroatoms. The van der Waals surface area contributed by atoms with Crippen LogP contribution < -0.4 is 10.6 Å². The van der Waals surface area contributed by atoms with Gasteiger partial charge in [-0.2, -0.15) is 0 Å². The van der Waals surface area contributed by atoms with Crippen LogP contribution in [0.4, 0.5) is 0 Å². The Morgan fingerprint density at radius 3 is 1.97 bits per heavy atom. The molecule has 1 spiro atoms. The topological polar surface area (TPSA) is 139 Å². The second-order valence-electron chi connectivity index (χ2n) is 7.35. The summed E-state index contributed by atoms with van der Waals surface area (Å²) in [6.45, 7) is 0. The largest absolute Gasteiger partial charge is 0.504 e. The number of benzene rings is 2. The van der Waals surface area contributed by atoms with Crippen LogP contribution >= 0.6 is 0 Å². The van der Waals surface area contributed by atoms with Gasteiger partial charge in [-0.15, -0.1) is 6.42 Å². The fourth-order valence-corrected chi connectivity index (χ4v) is 4.74. The second-order valence-corrected chi connectivity index (χ2v) is 7.35. The van der Waals surface area contributed by atoms with E-state index in [1.807, 2.05) is 5.92 Å². The van der Waals surface area contributed by atoms with E-state index in [0.717, 1.165) is 0 Å². The number of hydrogen-bond donors (Lipinski definition) is 6. The minimum atomic E-state index is -0.797. The Kier molecular flexibility index (Phi) is 4.05. The standard InChI is InChI=1S/C21H18N2O6/c1-2-20(29)23-15-8-21(13-6-19(28)17(26)4-11(13)15)7-14(22-9-24)10-3-16(25)18(27)5-12(10)21/h1,3-6,9,14-15,25-28H,7-8H2,(H,22,24)(H,23,29). The minimum absolute atomic E-state index is 0.317. The summed E-state index contributed by atoms with van der Waals surface area (Å²) in [7, 11) is 0. The lowest BCUT2D eigenvalue weighted by molar-refractivity contribution is -0.116. The average Bonchev–Trinajstić information content (AvgIpc) is 3.12. The number of phenols is 4. The van der Waals surface area contributed by atoms with Crippen molar-refractivity contribution in [2.45, 2.75) is 30.3 Å². The van der Waals surface area contributed by atoms with Gasteiger partial charge in [-0.1, -0.05) is 0 Å². The van der Waals surface area contributed by atoms with Crippen molar-refractivity contribution in [1.82, 2.24) is 10.6 Å². The fourth-order valence-electron chi connectivity index (χ4n) is 4.74. The zero-order valence-corrected chi connectivity index (χ0v) is 15.1. The summed E-state index contributed by atoms with van der Waals surface area (Å²) < 4.78 is 0. The molecule has 2 aromatic carbocycles. The molecule has 0 heterocycles. The maximum absolute atomic E-state index is 11.9. The summed E-state index contributed by atoms with van der Waals surface area (Å²) >= 11 is 0. The van der Waals surface area contributed by atoms with Crippen LogP contribution in [-0.4, -0.2) is 32.7 Å². The van der Waals surface area contributed by atoms with Crippen molar-refractivity contribution in [1.29, 1.82) is 0 Å². The number of hydrogen-bond acceptors (Lipinski definition) is 6. The van der Waals surface area contributed by atoms with E-state index in [2.05, 4.69) is 10.6 Å². The van der Waals surface area contributed by atoms with Crippen LogP contribution in [0.25, 0.3) is 0 Å². The molecule has 0 bridgehead atoms. The Balaban J connectivity index is 1.94. The monoisotopic (exact) mass is 394 g/mol. The zero-order valence-electron chi connectivity index (χ0n) is 15.1. The molecule has 3 unspecified atom stereocenters. The SMILES string of the molecule is C#CC(=O)NC1CC2(CC(NC=O)c3cc(O)c(O)cc32)c2cc(O)c(O)cc21. The highest BCUT2D eigenvalue weighted by Crippen LogP contribution is 2.60. The molecule has 2 aliphatic carbocycles. The summed E-state index contributed by atoms with van der Waals surface area (Å²) in [4.78, 5) is 23.0. The lowest BCUT2D eigenvalue weighted by atomic mass is 9.76. The Labute approximate surface area is 165 Å². The Hall–Kier alpha value is -3.86. The van der Waals surface area contributed by atoms with E-state index in [1.54, 1.807) is 0 Å². The van der Waals surface area contributed by atoms with Crippen molar-refractivity contribution in [2.75, 3.05) is 0 Å². The molecule has 8 nitrogen and oxygen atoms in total.